The largest absolute Gasteiger partial charge is 0.477 e. The molecular weight excluding hydrogens is 452 g/mol. The van der Waals surface area contributed by atoms with Crippen molar-refractivity contribution in [2.45, 2.75) is 32.9 Å². The van der Waals surface area contributed by atoms with Crippen LogP contribution in [0, 0.1) is 6.92 Å². The number of nitrogens with zero attached hydrogens (tertiary/aromatic N) is 6. The molecule has 0 spiro atoms. The third-order valence-electron chi connectivity index (χ3n) is 6.41. The minimum Gasteiger partial charge on any atom is -0.477 e. The Morgan fingerprint density at radius 2 is 2.06 bits per heavy atom. The van der Waals surface area contributed by atoms with Gasteiger partial charge in [0.2, 0.25) is 5.95 Å². The van der Waals surface area contributed by atoms with Gasteiger partial charge in [0.25, 0.3) is 0 Å². The fraction of sp³-hybridized carbons (Fsp3) is 0.435. The molecule has 1 unspecified atom stereocenters. The van der Waals surface area contributed by atoms with E-state index in [1.165, 1.54) is 11.1 Å². The fourth-order valence-corrected chi connectivity index (χ4v) is 5.33. The molecule has 1 fully saturated rings. The smallest absolute Gasteiger partial charge is 0.347 e. The van der Waals surface area contributed by atoms with Crippen LogP contribution in [0.25, 0.3) is 0 Å². The lowest BCUT2D eigenvalue weighted by Crippen LogP contribution is -2.45. The van der Waals surface area contributed by atoms with Crippen LogP contribution in [0.4, 0.5) is 16.9 Å². The molecule has 0 bridgehead atoms. The second-order valence-electron chi connectivity index (χ2n) is 8.58. The number of fused-ring (bicyclic) bond motifs is 1. The highest BCUT2D eigenvalue weighted by atomic mass is 32.1. The zero-order valence-electron chi connectivity index (χ0n) is 19.3. The molecule has 10 nitrogen and oxygen atoms in total. The average Bonchev–Trinajstić information content (AvgIpc) is 3.24. The van der Waals surface area contributed by atoms with Crippen molar-refractivity contribution in [3.05, 3.63) is 51.9 Å². The number of pyridine rings is 1. The van der Waals surface area contributed by atoms with E-state index >= 15 is 0 Å². The van der Waals surface area contributed by atoms with Crippen LogP contribution in [-0.2, 0) is 13.0 Å². The van der Waals surface area contributed by atoms with Crippen LogP contribution in [0.15, 0.2) is 24.5 Å². The summed E-state index contributed by atoms with van der Waals surface area (Å²) < 4.78 is 0. The van der Waals surface area contributed by atoms with Gasteiger partial charge in [-0.1, -0.05) is 17.4 Å². The molecule has 5 heterocycles. The molecule has 1 saturated heterocycles. The quantitative estimate of drug-likeness (QED) is 0.486. The Morgan fingerprint density at radius 1 is 1.24 bits per heavy atom. The number of carboxylic acid groups (broad SMARTS) is 1. The Labute approximate surface area is 202 Å². The highest BCUT2D eigenvalue weighted by Crippen LogP contribution is 2.33. The van der Waals surface area contributed by atoms with Gasteiger partial charge in [-0.3, -0.25) is 15.2 Å². The van der Waals surface area contributed by atoms with Gasteiger partial charge in [-0.05, 0) is 31.9 Å². The number of rotatable bonds is 6. The normalized spacial score (nSPS) is 17.3. The van der Waals surface area contributed by atoms with Gasteiger partial charge in [0.05, 0.1) is 11.4 Å². The zero-order valence-corrected chi connectivity index (χ0v) is 20.1. The molecule has 2 aliphatic heterocycles. The summed E-state index contributed by atoms with van der Waals surface area (Å²) in [4.78, 5) is 34.8. The molecule has 3 aromatic rings. The molecular formula is C23H28N8O2S. The summed E-state index contributed by atoms with van der Waals surface area (Å²) in [5.41, 5.74) is 3.86. The average molecular weight is 481 g/mol. The van der Waals surface area contributed by atoms with Crippen molar-refractivity contribution in [3.8, 4) is 0 Å². The summed E-state index contributed by atoms with van der Waals surface area (Å²) in [5, 5.41) is 16.4. The molecule has 3 aromatic heterocycles. The van der Waals surface area contributed by atoms with Crippen molar-refractivity contribution in [1.82, 2.24) is 30.2 Å². The van der Waals surface area contributed by atoms with Crippen LogP contribution in [-0.4, -0.2) is 68.6 Å². The minimum atomic E-state index is -0.976. The van der Waals surface area contributed by atoms with E-state index in [2.05, 4.69) is 43.4 Å². The van der Waals surface area contributed by atoms with E-state index in [9.17, 15) is 9.90 Å². The summed E-state index contributed by atoms with van der Waals surface area (Å²) >= 11 is 1.10. The van der Waals surface area contributed by atoms with Crippen LogP contribution < -0.4 is 15.5 Å². The van der Waals surface area contributed by atoms with Crippen LogP contribution in [0.3, 0.4) is 0 Å². The highest BCUT2D eigenvalue weighted by Gasteiger charge is 2.28. The molecule has 3 N–H and O–H groups in total. The summed E-state index contributed by atoms with van der Waals surface area (Å²) in [6, 6.07) is 4.30. The number of thiazole rings is 1. The lowest BCUT2D eigenvalue weighted by atomic mass is 10.0. The van der Waals surface area contributed by atoms with Gasteiger partial charge in [-0.15, -0.1) is 0 Å². The number of nitrogens with one attached hydrogen (secondary N) is 2. The number of carboxylic acids is 1. The number of aryl methyl sites for hydroxylation is 1. The van der Waals surface area contributed by atoms with Crippen molar-refractivity contribution < 1.29 is 9.90 Å². The van der Waals surface area contributed by atoms with E-state index in [1.807, 2.05) is 12.3 Å². The van der Waals surface area contributed by atoms with Crippen LogP contribution in [0.2, 0.25) is 0 Å². The third-order valence-corrected chi connectivity index (χ3v) is 7.47. The third kappa shape index (κ3) is 4.59. The van der Waals surface area contributed by atoms with Crippen molar-refractivity contribution in [1.29, 1.82) is 0 Å². The first kappa shape index (κ1) is 22.6. The predicted octanol–water partition coefficient (Wildman–Crippen LogP) is 2.61. The fourth-order valence-electron chi connectivity index (χ4n) is 4.53. The summed E-state index contributed by atoms with van der Waals surface area (Å²) in [6.45, 7) is 9.13. The highest BCUT2D eigenvalue weighted by molar-refractivity contribution is 7.17. The van der Waals surface area contributed by atoms with E-state index in [0.29, 0.717) is 23.3 Å². The maximum atomic E-state index is 11.4. The van der Waals surface area contributed by atoms with E-state index in [-0.39, 0.29) is 10.9 Å². The summed E-state index contributed by atoms with van der Waals surface area (Å²) in [6.07, 6.45) is 4.59. The molecule has 2 aliphatic rings. The predicted molar refractivity (Wildman–Crippen MR) is 131 cm³/mol. The molecule has 0 amide bonds. The Hall–Kier alpha value is -3.15. The van der Waals surface area contributed by atoms with Gasteiger partial charge >= 0.3 is 5.97 Å². The molecule has 0 aliphatic carbocycles. The molecule has 0 radical (unpaired) electrons. The van der Waals surface area contributed by atoms with E-state index in [0.717, 1.165) is 62.0 Å². The Morgan fingerprint density at radius 3 is 2.76 bits per heavy atom. The van der Waals surface area contributed by atoms with Crippen molar-refractivity contribution >= 4 is 34.2 Å². The van der Waals surface area contributed by atoms with Crippen molar-refractivity contribution in [2.75, 3.05) is 42.9 Å². The van der Waals surface area contributed by atoms with Gasteiger partial charge in [0.1, 0.15) is 10.7 Å². The maximum Gasteiger partial charge on any atom is 0.347 e. The van der Waals surface area contributed by atoms with Crippen molar-refractivity contribution in [3.63, 3.8) is 0 Å². The molecule has 34 heavy (non-hydrogen) atoms. The number of hydrogen-bond donors (Lipinski definition) is 3. The molecule has 1 atom stereocenters. The number of hydrogen-bond acceptors (Lipinski definition) is 10. The van der Waals surface area contributed by atoms with Crippen molar-refractivity contribution in [2.24, 2.45) is 0 Å². The lowest BCUT2D eigenvalue weighted by Gasteiger charge is -2.36. The minimum absolute atomic E-state index is 0.218. The first-order chi connectivity index (χ1) is 16.5. The standard InChI is InChI=1S/C23H28N8O2S/c1-14-19(21(32)33)34-23(26-14)29-22-27-18-13-31(15(2)16-4-3-6-25-12-16)9-5-17(18)20(28-22)30-10-7-24-8-11-30/h3-4,6,12,15,24H,5,7-11,13H2,1-2H3,(H,32,33)(H,26,27,28,29). The second-order valence-corrected chi connectivity index (χ2v) is 9.58. The summed E-state index contributed by atoms with van der Waals surface area (Å²) in [5.74, 6) is 0.444. The van der Waals surface area contributed by atoms with Crippen LogP contribution in [0.1, 0.15) is 45.2 Å². The first-order valence-electron chi connectivity index (χ1n) is 11.5. The number of carbonyl (C=O) groups is 1. The van der Waals surface area contributed by atoms with Crippen LogP contribution in [0.5, 0.6) is 0 Å². The second kappa shape index (κ2) is 9.61. The first-order valence-corrected chi connectivity index (χ1v) is 12.3. The topological polar surface area (TPSA) is 119 Å². The molecule has 11 heteroatoms. The summed E-state index contributed by atoms with van der Waals surface area (Å²) in [7, 11) is 0. The number of piperazine rings is 1. The van der Waals surface area contributed by atoms with E-state index in [4.69, 9.17) is 9.97 Å². The maximum absolute atomic E-state index is 11.4. The molecule has 0 saturated carbocycles. The van der Waals surface area contributed by atoms with Gasteiger partial charge < -0.3 is 15.3 Å². The Kier molecular flexibility index (Phi) is 6.40. The van der Waals surface area contributed by atoms with E-state index in [1.54, 1.807) is 13.1 Å². The number of anilines is 3. The van der Waals surface area contributed by atoms with Gasteiger partial charge in [-0.25, -0.2) is 14.8 Å². The molecule has 178 valence electrons. The molecule has 5 rings (SSSR count). The molecule has 0 aromatic carbocycles. The Bertz CT molecular complexity index is 1180. The van der Waals surface area contributed by atoms with Crippen LogP contribution >= 0.6 is 11.3 Å². The lowest BCUT2D eigenvalue weighted by molar-refractivity contribution is 0.0701. The van der Waals surface area contributed by atoms with E-state index < -0.39 is 5.97 Å². The SMILES string of the molecule is Cc1nc(Nc2nc3c(c(N4CCNCC4)n2)CCN(C(C)c2cccnc2)C3)sc1C(=O)O. The number of aromatic carboxylic acids is 1. The van der Waals surface area contributed by atoms with Gasteiger partial charge in [0.15, 0.2) is 5.13 Å². The monoisotopic (exact) mass is 480 g/mol. The van der Waals surface area contributed by atoms with Gasteiger partial charge in [0, 0.05) is 63.3 Å². The zero-order chi connectivity index (χ0) is 23.7. The number of aromatic nitrogens is 4. The Balaban J connectivity index is 1.47. The van der Waals surface area contributed by atoms with Gasteiger partial charge in [-0.2, -0.15) is 4.98 Å².